The van der Waals surface area contributed by atoms with Crippen molar-refractivity contribution in [2.75, 3.05) is 5.32 Å². The number of anilines is 1. The summed E-state index contributed by atoms with van der Waals surface area (Å²) in [6, 6.07) is 20.9. The van der Waals surface area contributed by atoms with Gasteiger partial charge in [-0.2, -0.15) is 10.2 Å². The van der Waals surface area contributed by atoms with E-state index in [-0.39, 0.29) is 5.76 Å². The molecule has 0 bridgehead atoms. The van der Waals surface area contributed by atoms with Crippen LogP contribution in [0.4, 0.5) is 16.4 Å². The van der Waals surface area contributed by atoms with E-state index in [4.69, 9.17) is 4.42 Å². The summed E-state index contributed by atoms with van der Waals surface area (Å²) in [6.07, 6.45) is 2.87. The third-order valence-electron chi connectivity index (χ3n) is 4.18. The predicted molar refractivity (Wildman–Crippen MR) is 114 cm³/mol. The number of hydrogen-bond donors (Lipinski definition) is 2. The molecule has 0 aliphatic carbocycles. The molecule has 0 saturated carbocycles. The second-order valence-corrected chi connectivity index (χ2v) is 6.29. The number of carbonyl (C=O) groups is 1. The van der Waals surface area contributed by atoms with Crippen LogP contribution in [0.1, 0.15) is 5.76 Å². The Hall–Kier alpha value is -4.73. The van der Waals surface area contributed by atoms with Gasteiger partial charge in [0, 0.05) is 5.56 Å². The largest absolute Gasteiger partial charge is 0.433 e. The third-order valence-corrected chi connectivity index (χ3v) is 4.18. The molecule has 2 N–H and O–H groups in total. The van der Waals surface area contributed by atoms with E-state index in [1.807, 2.05) is 60.7 Å². The second kappa shape index (κ2) is 8.74. The molecule has 0 fully saturated rings. The SMILES string of the molecule is O=C(N/N=C\c1ccc([N+](=O)[O-])o1)Nc1cn(-c2ccccc2)nc1-c1ccccc1. The van der Waals surface area contributed by atoms with Crippen molar-refractivity contribution in [3.8, 4) is 16.9 Å². The van der Waals surface area contributed by atoms with Crippen LogP contribution >= 0.6 is 0 Å². The molecule has 31 heavy (non-hydrogen) atoms. The first-order chi connectivity index (χ1) is 15.1. The summed E-state index contributed by atoms with van der Waals surface area (Å²) in [5, 5.41) is 21.7. The van der Waals surface area contributed by atoms with E-state index in [1.165, 1.54) is 12.1 Å². The summed E-state index contributed by atoms with van der Waals surface area (Å²) < 4.78 is 6.61. The molecule has 0 radical (unpaired) electrons. The van der Waals surface area contributed by atoms with E-state index in [0.29, 0.717) is 11.4 Å². The van der Waals surface area contributed by atoms with Crippen molar-refractivity contribution < 1.29 is 14.1 Å². The Labute approximate surface area is 176 Å². The molecule has 0 aliphatic heterocycles. The van der Waals surface area contributed by atoms with Crippen LogP contribution in [0, 0.1) is 10.1 Å². The highest BCUT2D eigenvalue weighted by molar-refractivity contribution is 5.94. The number of aromatic nitrogens is 2. The molecule has 2 aromatic heterocycles. The van der Waals surface area contributed by atoms with Gasteiger partial charge in [-0.1, -0.05) is 48.5 Å². The number of amides is 2. The van der Waals surface area contributed by atoms with Gasteiger partial charge in [0.05, 0.1) is 29.9 Å². The van der Waals surface area contributed by atoms with Crippen LogP contribution < -0.4 is 10.7 Å². The molecule has 154 valence electrons. The van der Waals surface area contributed by atoms with Crippen LogP contribution in [-0.4, -0.2) is 26.9 Å². The van der Waals surface area contributed by atoms with Gasteiger partial charge >= 0.3 is 11.9 Å². The summed E-state index contributed by atoms with van der Waals surface area (Å²) in [6.45, 7) is 0. The van der Waals surface area contributed by atoms with Crippen LogP contribution in [-0.2, 0) is 0 Å². The number of para-hydroxylation sites is 1. The van der Waals surface area contributed by atoms with E-state index in [0.717, 1.165) is 17.5 Å². The Balaban J connectivity index is 1.52. The summed E-state index contributed by atoms with van der Waals surface area (Å²) in [4.78, 5) is 22.3. The van der Waals surface area contributed by atoms with Crippen molar-refractivity contribution >= 4 is 23.8 Å². The standard InChI is InChI=1S/C21H16N6O4/c28-21(24-22-13-17-11-12-19(31-17)27(29)30)23-18-14-26(16-9-5-2-6-10-16)25-20(18)15-7-3-1-4-8-15/h1-14H,(H2,23,24,28)/b22-13-. The molecular formula is C21H16N6O4. The molecule has 0 atom stereocenters. The maximum absolute atomic E-state index is 12.3. The van der Waals surface area contributed by atoms with Crippen LogP contribution in [0.2, 0.25) is 0 Å². The molecule has 2 aromatic carbocycles. The van der Waals surface area contributed by atoms with Gasteiger partial charge in [0.15, 0.2) is 5.76 Å². The summed E-state index contributed by atoms with van der Waals surface area (Å²) in [5.41, 5.74) is 5.04. The molecule has 0 spiro atoms. The number of urea groups is 1. The van der Waals surface area contributed by atoms with Crippen molar-refractivity contribution in [3.63, 3.8) is 0 Å². The molecule has 4 rings (SSSR count). The number of nitro groups is 1. The van der Waals surface area contributed by atoms with E-state index in [2.05, 4.69) is 20.9 Å². The number of carbonyl (C=O) groups excluding carboxylic acids is 1. The van der Waals surface area contributed by atoms with Crippen LogP contribution in [0.15, 0.2) is 88.5 Å². The zero-order valence-corrected chi connectivity index (χ0v) is 16.0. The Morgan fingerprint density at radius 3 is 2.45 bits per heavy atom. The number of hydrazone groups is 1. The zero-order valence-electron chi connectivity index (χ0n) is 16.0. The van der Waals surface area contributed by atoms with Crippen LogP contribution in [0.25, 0.3) is 16.9 Å². The number of hydrogen-bond acceptors (Lipinski definition) is 6. The van der Waals surface area contributed by atoms with Gasteiger partial charge in [0.25, 0.3) is 0 Å². The molecular weight excluding hydrogens is 400 g/mol. The van der Waals surface area contributed by atoms with Crippen LogP contribution in [0.3, 0.4) is 0 Å². The topological polar surface area (TPSA) is 128 Å². The lowest BCUT2D eigenvalue weighted by Gasteiger charge is -2.04. The Bertz CT molecular complexity index is 1230. The maximum Gasteiger partial charge on any atom is 0.433 e. The summed E-state index contributed by atoms with van der Waals surface area (Å²) >= 11 is 0. The van der Waals surface area contributed by atoms with Gasteiger partial charge in [-0.25, -0.2) is 14.9 Å². The molecule has 0 aliphatic rings. The van der Waals surface area contributed by atoms with Gasteiger partial charge in [-0.15, -0.1) is 0 Å². The normalized spacial score (nSPS) is 10.8. The lowest BCUT2D eigenvalue weighted by Crippen LogP contribution is -2.24. The van der Waals surface area contributed by atoms with Crippen molar-refractivity contribution in [1.29, 1.82) is 0 Å². The number of furan rings is 1. The van der Waals surface area contributed by atoms with Gasteiger partial charge < -0.3 is 9.73 Å². The molecule has 10 heteroatoms. The Kier molecular flexibility index (Phi) is 5.52. The van der Waals surface area contributed by atoms with Crippen molar-refractivity contribution in [2.24, 2.45) is 5.10 Å². The molecule has 4 aromatic rings. The highest BCUT2D eigenvalue weighted by atomic mass is 16.6. The van der Waals surface area contributed by atoms with Crippen LogP contribution in [0.5, 0.6) is 0 Å². The third kappa shape index (κ3) is 4.65. The van der Waals surface area contributed by atoms with E-state index in [9.17, 15) is 14.9 Å². The minimum Gasteiger partial charge on any atom is -0.400 e. The van der Waals surface area contributed by atoms with Gasteiger partial charge in [0.1, 0.15) is 10.6 Å². The molecule has 0 unspecified atom stereocenters. The molecule has 2 heterocycles. The average molecular weight is 416 g/mol. The fraction of sp³-hybridized carbons (Fsp3) is 0. The first-order valence-corrected chi connectivity index (χ1v) is 9.15. The lowest BCUT2D eigenvalue weighted by atomic mass is 10.1. The van der Waals surface area contributed by atoms with Crippen molar-refractivity contribution in [3.05, 3.63) is 94.9 Å². The highest BCUT2D eigenvalue weighted by Gasteiger charge is 2.15. The number of rotatable bonds is 6. The van der Waals surface area contributed by atoms with Gasteiger partial charge in [-0.05, 0) is 18.2 Å². The van der Waals surface area contributed by atoms with Gasteiger partial charge in [-0.3, -0.25) is 10.1 Å². The monoisotopic (exact) mass is 416 g/mol. The summed E-state index contributed by atoms with van der Waals surface area (Å²) in [7, 11) is 0. The highest BCUT2D eigenvalue weighted by Crippen LogP contribution is 2.27. The Morgan fingerprint density at radius 2 is 1.77 bits per heavy atom. The smallest absolute Gasteiger partial charge is 0.400 e. The molecule has 2 amide bonds. The minimum absolute atomic E-state index is 0.133. The van der Waals surface area contributed by atoms with Crippen molar-refractivity contribution in [1.82, 2.24) is 15.2 Å². The second-order valence-electron chi connectivity index (χ2n) is 6.29. The summed E-state index contributed by atoms with van der Waals surface area (Å²) in [5.74, 6) is -0.277. The quantitative estimate of drug-likeness (QED) is 0.277. The molecule has 10 nitrogen and oxygen atoms in total. The minimum atomic E-state index is -0.660. The van der Waals surface area contributed by atoms with Gasteiger partial charge in [0.2, 0.25) is 0 Å². The lowest BCUT2D eigenvalue weighted by molar-refractivity contribution is -0.402. The first-order valence-electron chi connectivity index (χ1n) is 9.15. The zero-order chi connectivity index (χ0) is 21.6. The van der Waals surface area contributed by atoms with E-state index < -0.39 is 16.8 Å². The number of nitrogens with one attached hydrogen (secondary N) is 2. The average Bonchev–Trinajstić information content (AvgIpc) is 3.43. The predicted octanol–water partition coefficient (Wildman–Crippen LogP) is 4.20. The molecule has 0 saturated heterocycles. The number of nitrogens with zero attached hydrogens (tertiary/aromatic N) is 4. The fourth-order valence-electron chi connectivity index (χ4n) is 2.80. The first kappa shape index (κ1) is 19.6. The van der Waals surface area contributed by atoms with E-state index in [1.54, 1.807) is 10.9 Å². The number of benzene rings is 2. The Morgan fingerprint density at radius 1 is 1.06 bits per heavy atom. The van der Waals surface area contributed by atoms with Crippen molar-refractivity contribution in [2.45, 2.75) is 0 Å². The fourth-order valence-corrected chi connectivity index (χ4v) is 2.80. The van der Waals surface area contributed by atoms with E-state index >= 15 is 0 Å². The maximum atomic E-state index is 12.3.